The fourth-order valence-electron chi connectivity index (χ4n) is 3.49. The Morgan fingerprint density at radius 1 is 1.18 bits per heavy atom. The maximum atomic E-state index is 13.0. The van der Waals surface area contributed by atoms with Crippen LogP contribution in [0, 0.1) is 6.92 Å². The van der Waals surface area contributed by atoms with E-state index in [0.717, 1.165) is 10.4 Å². The fourth-order valence-corrected chi connectivity index (χ4v) is 4.48. The van der Waals surface area contributed by atoms with Gasteiger partial charge in [0, 0.05) is 18.1 Å². The minimum absolute atomic E-state index is 0.133. The second-order valence-electron chi connectivity index (χ2n) is 7.48. The third kappa shape index (κ3) is 4.50. The van der Waals surface area contributed by atoms with Crippen molar-refractivity contribution in [1.82, 2.24) is 19.7 Å². The number of thiophene rings is 1. The molecule has 5 rings (SSSR count). The Kier molecular flexibility index (Phi) is 5.99. The first kappa shape index (κ1) is 22.1. The Morgan fingerprint density at radius 3 is 2.68 bits per heavy atom. The van der Waals surface area contributed by atoms with Crippen molar-refractivity contribution in [2.24, 2.45) is 0 Å². The number of H-pyrrole nitrogens is 1. The molecule has 0 radical (unpaired) electrons. The van der Waals surface area contributed by atoms with E-state index < -0.39 is 5.91 Å². The van der Waals surface area contributed by atoms with Gasteiger partial charge in [-0.05, 0) is 52.0 Å². The van der Waals surface area contributed by atoms with E-state index in [1.165, 1.54) is 16.0 Å². The lowest BCUT2D eigenvalue weighted by Crippen LogP contribution is -2.22. The van der Waals surface area contributed by atoms with E-state index in [9.17, 15) is 9.59 Å². The molecule has 8 nitrogen and oxygen atoms in total. The van der Waals surface area contributed by atoms with Crippen LogP contribution in [-0.2, 0) is 6.42 Å². The first-order valence-corrected chi connectivity index (χ1v) is 12.0. The number of rotatable bonds is 6. The minimum atomic E-state index is -0.454. The van der Waals surface area contributed by atoms with Crippen molar-refractivity contribution >= 4 is 39.0 Å². The van der Waals surface area contributed by atoms with Gasteiger partial charge in [0.05, 0.1) is 10.6 Å². The van der Waals surface area contributed by atoms with Crippen LogP contribution >= 0.6 is 27.3 Å². The zero-order valence-corrected chi connectivity index (χ0v) is 20.3. The number of halogens is 1. The number of aromatic nitrogens is 4. The topological polar surface area (TPSA) is 106 Å². The number of hydrogen-bond acceptors (Lipinski definition) is 6. The highest BCUT2D eigenvalue weighted by Crippen LogP contribution is 2.28. The molecule has 5 aromatic rings. The van der Waals surface area contributed by atoms with Gasteiger partial charge in [-0.2, -0.15) is 9.78 Å². The molecule has 4 heterocycles. The van der Waals surface area contributed by atoms with Gasteiger partial charge in [-0.3, -0.25) is 14.6 Å². The van der Waals surface area contributed by atoms with Gasteiger partial charge < -0.3 is 9.73 Å². The molecule has 2 N–H and O–H groups in total. The summed E-state index contributed by atoms with van der Waals surface area (Å²) in [5.74, 6) is 0.231. The first-order valence-electron chi connectivity index (χ1n) is 10.3. The van der Waals surface area contributed by atoms with Gasteiger partial charge in [0.25, 0.3) is 11.5 Å². The number of anilines is 1. The number of furan rings is 1. The second kappa shape index (κ2) is 9.24. The Hall–Kier alpha value is -3.76. The van der Waals surface area contributed by atoms with Crippen molar-refractivity contribution in [2.75, 3.05) is 5.32 Å². The molecular weight excluding hydrogens is 518 g/mol. The normalized spacial score (nSPS) is 11.0. The summed E-state index contributed by atoms with van der Waals surface area (Å²) < 4.78 is 7.22. The lowest BCUT2D eigenvalue weighted by Gasteiger charge is -2.10. The first-order chi connectivity index (χ1) is 16.5. The van der Waals surface area contributed by atoms with Crippen LogP contribution in [0.5, 0.6) is 0 Å². The molecule has 0 bridgehead atoms. The number of carbonyl (C=O) groups is 1. The molecule has 1 aromatic carbocycles. The SMILES string of the molecule is Cc1nc(-n2nc(-c3cccs3)cc2NC(=O)c2ccc(Br)o2)[nH]c(=O)c1Cc1ccccc1. The third-order valence-corrected chi connectivity index (χ3v) is 6.47. The summed E-state index contributed by atoms with van der Waals surface area (Å²) in [7, 11) is 0. The number of nitrogens with zero attached hydrogens (tertiary/aromatic N) is 3. The predicted molar refractivity (Wildman–Crippen MR) is 134 cm³/mol. The standard InChI is InChI=1S/C24H18BrN5O3S/c1-14-16(12-15-6-3-2-4-7-15)22(31)28-24(26-14)30-21(13-17(29-30)19-8-5-11-34-19)27-23(32)18-9-10-20(25)33-18/h2-11,13H,12H2,1H3,(H,27,32)(H,26,28,31). The van der Waals surface area contributed by atoms with Gasteiger partial charge in [-0.1, -0.05) is 36.4 Å². The summed E-state index contributed by atoms with van der Waals surface area (Å²) in [6, 6.07) is 18.5. The molecule has 4 aromatic heterocycles. The molecule has 0 saturated carbocycles. The van der Waals surface area contributed by atoms with Crippen LogP contribution in [0.25, 0.3) is 16.5 Å². The molecule has 0 saturated heterocycles. The monoisotopic (exact) mass is 535 g/mol. The van der Waals surface area contributed by atoms with E-state index in [4.69, 9.17) is 4.42 Å². The van der Waals surface area contributed by atoms with Gasteiger partial charge in [0.1, 0.15) is 11.5 Å². The van der Waals surface area contributed by atoms with Gasteiger partial charge in [-0.15, -0.1) is 11.3 Å². The van der Waals surface area contributed by atoms with Crippen molar-refractivity contribution in [2.45, 2.75) is 13.3 Å². The summed E-state index contributed by atoms with van der Waals surface area (Å²) in [6.45, 7) is 1.79. The quantitative estimate of drug-likeness (QED) is 0.311. The van der Waals surface area contributed by atoms with Crippen molar-refractivity contribution in [3.05, 3.63) is 104 Å². The lowest BCUT2D eigenvalue weighted by atomic mass is 10.1. The number of hydrogen-bond donors (Lipinski definition) is 2. The van der Waals surface area contributed by atoms with Crippen molar-refractivity contribution in [3.8, 4) is 16.5 Å². The number of benzene rings is 1. The minimum Gasteiger partial charge on any atom is -0.444 e. The average Bonchev–Trinajstić information content (AvgIpc) is 3.58. The largest absolute Gasteiger partial charge is 0.444 e. The molecule has 1 amide bonds. The van der Waals surface area contributed by atoms with Crippen LogP contribution in [-0.4, -0.2) is 25.7 Å². The Balaban J connectivity index is 1.54. The van der Waals surface area contributed by atoms with E-state index in [-0.39, 0.29) is 17.3 Å². The summed E-state index contributed by atoms with van der Waals surface area (Å²) in [4.78, 5) is 34.1. The van der Waals surface area contributed by atoms with Gasteiger partial charge >= 0.3 is 0 Å². The zero-order valence-electron chi connectivity index (χ0n) is 17.9. The van der Waals surface area contributed by atoms with Gasteiger partial charge in [0.2, 0.25) is 5.95 Å². The van der Waals surface area contributed by atoms with Crippen LogP contribution in [0.3, 0.4) is 0 Å². The van der Waals surface area contributed by atoms with E-state index in [2.05, 4.69) is 36.3 Å². The molecule has 170 valence electrons. The molecule has 0 aliphatic heterocycles. The molecule has 0 aliphatic carbocycles. The Bertz CT molecular complexity index is 1520. The Labute approximate surface area is 206 Å². The fraction of sp³-hybridized carbons (Fsp3) is 0.0833. The summed E-state index contributed by atoms with van der Waals surface area (Å²) in [6.07, 6.45) is 0.464. The molecule has 0 aliphatic rings. The summed E-state index contributed by atoms with van der Waals surface area (Å²) in [5, 5.41) is 9.35. The number of carbonyl (C=O) groups excluding carboxylic acids is 1. The smallest absolute Gasteiger partial charge is 0.292 e. The highest BCUT2D eigenvalue weighted by Gasteiger charge is 2.19. The second-order valence-corrected chi connectivity index (χ2v) is 9.21. The van der Waals surface area contributed by atoms with E-state index in [1.54, 1.807) is 25.1 Å². The number of nitrogens with one attached hydrogen (secondary N) is 2. The van der Waals surface area contributed by atoms with Crippen molar-refractivity contribution in [1.29, 1.82) is 0 Å². The van der Waals surface area contributed by atoms with Crippen molar-refractivity contribution in [3.63, 3.8) is 0 Å². The Morgan fingerprint density at radius 2 is 2.00 bits per heavy atom. The third-order valence-electron chi connectivity index (χ3n) is 5.16. The molecule has 0 unspecified atom stereocenters. The van der Waals surface area contributed by atoms with E-state index in [0.29, 0.717) is 33.9 Å². The lowest BCUT2D eigenvalue weighted by molar-refractivity contribution is 0.0994. The molecule has 0 spiro atoms. The maximum absolute atomic E-state index is 13.0. The summed E-state index contributed by atoms with van der Waals surface area (Å²) in [5.41, 5.74) is 2.56. The van der Waals surface area contributed by atoms with Crippen LogP contribution in [0.1, 0.15) is 27.4 Å². The average molecular weight is 536 g/mol. The van der Waals surface area contributed by atoms with Crippen LogP contribution in [0.15, 0.2) is 79.9 Å². The predicted octanol–water partition coefficient (Wildman–Crippen LogP) is 5.19. The zero-order chi connectivity index (χ0) is 23.7. The molecule has 0 atom stereocenters. The molecule has 10 heteroatoms. The highest BCUT2D eigenvalue weighted by molar-refractivity contribution is 9.10. The maximum Gasteiger partial charge on any atom is 0.292 e. The number of aromatic amines is 1. The molecule has 0 fully saturated rings. The van der Waals surface area contributed by atoms with Crippen molar-refractivity contribution < 1.29 is 9.21 Å². The van der Waals surface area contributed by atoms with Crippen LogP contribution < -0.4 is 10.9 Å². The van der Waals surface area contributed by atoms with Gasteiger partial charge in [0.15, 0.2) is 10.4 Å². The van der Waals surface area contributed by atoms with Gasteiger partial charge in [-0.25, -0.2) is 4.98 Å². The van der Waals surface area contributed by atoms with Crippen LogP contribution in [0.2, 0.25) is 0 Å². The molecule has 34 heavy (non-hydrogen) atoms. The van der Waals surface area contributed by atoms with E-state index in [1.807, 2.05) is 47.8 Å². The number of amides is 1. The summed E-state index contributed by atoms with van der Waals surface area (Å²) >= 11 is 4.72. The number of aryl methyl sites for hydroxylation is 1. The highest BCUT2D eigenvalue weighted by atomic mass is 79.9. The van der Waals surface area contributed by atoms with E-state index >= 15 is 0 Å². The van der Waals surface area contributed by atoms with Crippen LogP contribution in [0.4, 0.5) is 5.82 Å². The molecular formula is C24H18BrN5O3S.